The molecule has 0 fully saturated rings. The van der Waals surface area contributed by atoms with Gasteiger partial charge >= 0.3 is 0 Å². The Balaban J connectivity index is 2.53. The molecule has 0 unspecified atom stereocenters. The van der Waals surface area contributed by atoms with Gasteiger partial charge in [-0.2, -0.15) is 0 Å². The molecule has 0 spiro atoms. The Kier molecular flexibility index (Phi) is 5.30. The van der Waals surface area contributed by atoms with Crippen molar-refractivity contribution in [2.45, 2.75) is 33.8 Å². The highest BCUT2D eigenvalue weighted by Gasteiger charge is 2.19. The molecule has 7 heteroatoms. The van der Waals surface area contributed by atoms with Gasteiger partial charge in [0.1, 0.15) is 11.6 Å². The number of nitrogens with one attached hydrogen (secondary N) is 1. The average molecular weight is 355 g/mol. The van der Waals surface area contributed by atoms with Gasteiger partial charge in [-0.15, -0.1) is 0 Å². The lowest BCUT2D eigenvalue weighted by Crippen LogP contribution is -2.08. The number of rotatable bonds is 6. The first-order chi connectivity index (χ1) is 10.1. The van der Waals surface area contributed by atoms with Gasteiger partial charge in [0.05, 0.1) is 28.0 Å². The van der Waals surface area contributed by atoms with Gasteiger partial charge in [0, 0.05) is 13.7 Å². The van der Waals surface area contributed by atoms with Gasteiger partial charge in [-0.05, 0) is 36.2 Å². The Hall–Kier alpha value is -1.47. The topological polar surface area (TPSA) is 73.1 Å². The number of aryl methyl sites for hydroxylation is 2. The summed E-state index contributed by atoms with van der Waals surface area (Å²) < 4.78 is 11.2. The van der Waals surface area contributed by atoms with Crippen molar-refractivity contribution < 1.29 is 9.26 Å². The zero-order valence-corrected chi connectivity index (χ0v) is 14.2. The highest BCUT2D eigenvalue weighted by atomic mass is 79.9. The maximum atomic E-state index is 5.21. The van der Waals surface area contributed by atoms with E-state index in [9.17, 15) is 0 Å². The van der Waals surface area contributed by atoms with E-state index in [2.05, 4.69) is 43.3 Å². The highest BCUT2D eigenvalue weighted by molar-refractivity contribution is 9.10. The largest absolute Gasteiger partial charge is 0.378 e. The predicted octanol–water partition coefficient (Wildman–Crippen LogP) is 3.48. The molecule has 0 aliphatic heterocycles. The van der Waals surface area contributed by atoms with Gasteiger partial charge in [0.15, 0.2) is 5.82 Å². The number of hydrogen-bond donors (Lipinski definition) is 1. The Bertz CT molecular complexity index is 608. The van der Waals surface area contributed by atoms with Crippen molar-refractivity contribution in [1.82, 2.24) is 15.1 Å². The maximum absolute atomic E-state index is 5.21. The number of hydrogen-bond acceptors (Lipinski definition) is 6. The summed E-state index contributed by atoms with van der Waals surface area (Å²) in [6, 6.07) is 0. The third-order valence-electron chi connectivity index (χ3n) is 3.00. The minimum atomic E-state index is 0.403. The molecular formula is C14H19BrN4O2. The lowest BCUT2D eigenvalue weighted by Gasteiger charge is -2.12. The van der Waals surface area contributed by atoms with Crippen molar-refractivity contribution in [2.24, 2.45) is 0 Å². The van der Waals surface area contributed by atoms with E-state index < -0.39 is 0 Å². The van der Waals surface area contributed by atoms with Crippen LogP contribution >= 0.6 is 15.9 Å². The maximum Gasteiger partial charge on any atom is 0.167 e. The van der Waals surface area contributed by atoms with Crippen LogP contribution in [-0.4, -0.2) is 28.8 Å². The minimum absolute atomic E-state index is 0.403. The summed E-state index contributed by atoms with van der Waals surface area (Å²) in [6.45, 7) is 7.08. The van der Waals surface area contributed by atoms with E-state index in [0.29, 0.717) is 18.2 Å². The number of nitrogens with zero attached hydrogens (tertiary/aromatic N) is 3. The molecule has 2 aromatic heterocycles. The second kappa shape index (κ2) is 7.00. The van der Waals surface area contributed by atoms with Gasteiger partial charge in [-0.25, -0.2) is 9.97 Å². The monoisotopic (exact) mass is 354 g/mol. The Morgan fingerprint density at radius 2 is 2.05 bits per heavy atom. The fourth-order valence-corrected chi connectivity index (χ4v) is 2.43. The van der Waals surface area contributed by atoms with Crippen LogP contribution < -0.4 is 5.32 Å². The van der Waals surface area contributed by atoms with Crippen LogP contribution in [0.2, 0.25) is 0 Å². The quantitative estimate of drug-likeness (QED) is 0.855. The first-order valence-electron chi connectivity index (χ1n) is 6.80. The number of ether oxygens (including phenoxy) is 1. The number of halogens is 1. The normalized spacial score (nSPS) is 10.9. The lowest BCUT2D eigenvalue weighted by molar-refractivity contribution is 0.181. The zero-order chi connectivity index (χ0) is 15.4. The molecule has 0 amide bonds. The predicted molar refractivity (Wildman–Crippen MR) is 84.2 cm³/mol. The highest BCUT2D eigenvalue weighted by Crippen LogP contribution is 2.30. The molecule has 21 heavy (non-hydrogen) atoms. The molecule has 0 saturated carbocycles. The number of anilines is 1. The molecular weight excluding hydrogens is 336 g/mol. The van der Waals surface area contributed by atoms with E-state index >= 15 is 0 Å². The molecule has 0 radical (unpaired) electrons. The zero-order valence-electron chi connectivity index (χ0n) is 12.7. The van der Waals surface area contributed by atoms with Crippen LogP contribution in [0.3, 0.4) is 0 Å². The molecule has 114 valence electrons. The van der Waals surface area contributed by atoms with E-state index in [0.717, 1.165) is 40.2 Å². The van der Waals surface area contributed by atoms with Gasteiger partial charge in [0.25, 0.3) is 0 Å². The first kappa shape index (κ1) is 15.9. The van der Waals surface area contributed by atoms with Crippen molar-refractivity contribution >= 4 is 21.7 Å². The van der Waals surface area contributed by atoms with Crippen LogP contribution in [0.1, 0.15) is 30.5 Å². The van der Waals surface area contributed by atoms with Crippen LogP contribution in [0.15, 0.2) is 9.00 Å². The molecule has 2 aromatic rings. The molecule has 0 bridgehead atoms. The minimum Gasteiger partial charge on any atom is -0.378 e. The Morgan fingerprint density at radius 3 is 2.62 bits per heavy atom. The number of methoxy groups -OCH3 is 1. The van der Waals surface area contributed by atoms with Crippen molar-refractivity contribution in [2.75, 3.05) is 19.0 Å². The van der Waals surface area contributed by atoms with Gasteiger partial charge in [-0.3, -0.25) is 0 Å². The Morgan fingerprint density at radius 1 is 1.29 bits per heavy atom. The molecule has 0 saturated heterocycles. The van der Waals surface area contributed by atoms with E-state index in [1.807, 2.05) is 13.8 Å². The molecule has 0 aliphatic rings. The molecule has 0 aromatic carbocycles. The molecule has 0 aliphatic carbocycles. The standard InChI is InChI=1S/C14H19BrN4O2/c1-5-6-16-14-12(15)10(7-20-4)17-13(18-14)11-8(2)19-21-9(11)3/h5-7H2,1-4H3,(H,16,17,18). The summed E-state index contributed by atoms with van der Waals surface area (Å²) in [5, 5.41) is 7.26. The molecule has 6 nitrogen and oxygen atoms in total. The SMILES string of the molecule is CCCNc1nc(-c2c(C)noc2C)nc(COC)c1Br. The third kappa shape index (κ3) is 3.41. The summed E-state index contributed by atoms with van der Waals surface area (Å²) in [6.07, 6.45) is 1.01. The third-order valence-corrected chi connectivity index (χ3v) is 3.83. The van der Waals surface area contributed by atoms with Gasteiger partial charge in [0.2, 0.25) is 0 Å². The van der Waals surface area contributed by atoms with Crippen molar-refractivity contribution in [3.8, 4) is 11.4 Å². The summed E-state index contributed by atoms with van der Waals surface area (Å²) in [7, 11) is 1.64. The van der Waals surface area contributed by atoms with E-state index in [-0.39, 0.29) is 0 Å². The van der Waals surface area contributed by atoms with E-state index in [1.165, 1.54) is 0 Å². The Labute approximate surface area is 132 Å². The average Bonchev–Trinajstić information content (AvgIpc) is 2.79. The van der Waals surface area contributed by atoms with Crippen molar-refractivity contribution in [3.05, 3.63) is 21.6 Å². The van der Waals surface area contributed by atoms with Gasteiger partial charge < -0.3 is 14.6 Å². The fraction of sp³-hybridized carbons (Fsp3) is 0.500. The van der Waals surface area contributed by atoms with Gasteiger partial charge in [-0.1, -0.05) is 12.1 Å². The molecule has 2 rings (SSSR count). The van der Waals surface area contributed by atoms with E-state index in [1.54, 1.807) is 7.11 Å². The van der Waals surface area contributed by atoms with Crippen LogP contribution in [0.4, 0.5) is 5.82 Å². The summed E-state index contributed by atoms with van der Waals surface area (Å²) in [5.74, 6) is 2.06. The smallest absolute Gasteiger partial charge is 0.167 e. The second-order valence-electron chi connectivity index (χ2n) is 4.72. The first-order valence-corrected chi connectivity index (χ1v) is 7.60. The van der Waals surface area contributed by atoms with Crippen LogP contribution in [-0.2, 0) is 11.3 Å². The molecule has 2 heterocycles. The van der Waals surface area contributed by atoms with Crippen molar-refractivity contribution in [1.29, 1.82) is 0 Å². The summed E-state index contributed by atoms with van der Waals surface area (Å²) >= 11 is 3.54. The second-order valence-corrected chi connectivity index (χ2v) is 5.51. The summed E-state index contributed by atoms with van der Waals surface area (Å²) in [5.41, 5.74) is 2.40. The van der Waals surface area contributed by atoms with E-state index in [4.69, 9.17) is 9.26 Å². The van der Waals surface area contributed by atoms with Crippen LogP contribution in [0, 0.1) is 13.8 Å². The lowest BCUT2D eigenvalue weighted by atomic mass is 10.2. The van der Waals surface area contributed by atoms with Crippen LogP contribution in [0.5, 0.6) is 0 Å². The van der Waals surface area contributed by atoms with Crippen LogP contribution in [0.25, 0.3) is 11.4 Å². The van der Waals surface area contributed by atoms with Crippen molar-refractivity contribution in [3.63, 3.8) is 0 Å². The fourth-order valence-electron chi connectivity index (χ4n) is 2.00. The molecule has 1 N–H and O–H groups in total. The number of aromatic nitrogens is 3. The molecule has 0 atom stereocenters. The summed E-state index contributed by atoms with van der Waals surface area (Å²) in [4.78, 5) is 9.16.